The number of hydrogen-bond donors (Lipinski definition) is 2. The van der Waals surface area contributed by atoms with Gasteiger partial charge in [-0.2, -0.15) is 23.5 Å². The normalized spacial score (nSPS) is 16.4. The van der Waals surface area contributed by atoms with Gasteiger partial charge in [-0.15, -0.1) is 11.3 Å². The molecule has 0 aliphatic carbocycles. The Hall–Kier alpha value is -1.82. The largest absolute Gasteiger partial charge is 0.493 e. The van der Waals surface area contributed by atoms with Crippen molar-refractivity contribution in [3.63, 3.8) is 0 Å². The summed E-state index contributed by atoms with van der Waals surface area (Å²) in [4.78, 5) is 26.9. The molecule has 0 radical (unpaired) electrons. The molecule has 4 rings (SSSR count). The first-order valence-corrected chi connectivity index (χ1v) is 14.8. The maximum Gasteiger partial charge on any atom is 0.326 e. The van der Waals surface area contributed by atoms with Gasteiger partial charge in [0.05, 0.1) is 10.6 Å². The Balaban J connectivity index is 1.50. The second-order valence-corrected chi connectivity index (χ2v) is 12.4. The van der Waals surface area contributed by atoms with Gasteiger partial charge < -0.3 is 19.8 Å². The highest BCUT2D eigenvalue weighted by Gasteiger charge is 2.26. The summed E-state index contributed by atoms with van der Waals surface area (Å²) in [6.45, 7) is -0.366. The van der Waals surface area contributed by atoms with Crippen LogP contribution >= 0.6 is 58.8 Å². The Kier molecular flexibility index (Phi) is 8.73. The van der Waals surface area contributed by atoms with E-state index in [-0.39, 0.29) is 25.1 Å². The molecule has 0 atom stereocenters. The summed E-state index contributed by atoms with van der Waals surface area (Å²) in [6.07, 6.45) is 2.59. The summed E-state index contributed by atoms with van der Waals surface area (Å²) in [6, 6.07) is 7.52. The van der Waals surface area contributed by atoms with Crippen molar-refractivity contribution in [3.05, 3.63) is 43.9 Å². The number of carboxylic acids is 1. The van der Waals surface area contributed by atoms with Crippen LogP contribution in [0.15, 0.2) is 39.9 Å². The van der Waals surface area contributed by atoms with Crippen LogP contribution in [-0.4, -0.2) is 62.4 Å². The molecule has 2 aliphatic rings. The number of aromatic nitrogens is 1. The SMILES string of the molecule is O=C(O)CN1C(=C=Cc2sc(=S)n(CC(=O)OC3CSCCCSC3)c2O)Sc2ccccc21. The number of aliphatic carboxylic acids is 1. The predicted molar refractivity (Wildman–Crippen MR) is 143 cm³/mol. The molecular weight excluding hydrogens is 533 g/mol. The number of hydrogen-bond acceptors (Lipinski definition) is 10. The molecule has 1 fully saturated rings. The van der Waals surface area contributed by atoms with E-state index in [9.17, 15) is 19.8 Å². The van der Waals surface area contributed by atoms with E-state index < -0.39 is 11.9 Å². The molecule has 2 aliphatic heterocycles. The molecule has 1 saturated heterocycles. The molecule has 7 nitrogen and oxygen atoms in total. The van der Waals surface area contributed by atoms with Gasteiger partial charge >= 0.3 is 11.9 Å². The van der Waals surface area contributed by atoms with E-state index in [0.29, 0.717) is 13.9 Å². The Morgan fingerprint density at radius 3 is 2.68 bits per heavy atom. The van der Waals surface area contributed by atoms with Crippen molar-refractivity contribution in [2.24, 2.45) is 0 Å². The van der Waals surface area contributed by atoms with Crippen LogP contribution in [0.25, 0.3) is 6.08 Å². The summed E-state index contributed by atoms with van der Waals surface area (Å²) < 4.78 is 7.33. The summed E-state index contributed by atoms with van der Waals surface area (Å²) in [7, 11) is 0. The first-order valence-electron chi connectivity index (χ1n) is 10.4. The standard InChI is InChI=1S/C22H22N2O5S5/c25-19(26)10-23-15-4-1-2-5-16(15)33-18(23)7-6-17-21(28)24(22(30)34-17)11-20(27)29-14-12-31-8-3-9-32-13-14/h1-2,4-6,14,28H,3,8-13H2,(H,25,26). The van der Waals surface area contributed by atoms with Gasteiger partial charge in [-0.05, 0) is 42.3 Å². The first kappa shape index (κ1) is 25.3. The van der Waals surface area contributed by atoms with Crippen LogP contribution in [0, 0.1) is 3.95 Å². The molecule has 0 saturated carbocycles. The third kappa shape index (κ3) is 6.24. The number of carboxylic acid groups (broad SMARTS) is 1. The van der Waals surface area contributed by atoms with E-state index in [1.54, 1.807) is 34.5 Å². The Morgan fingerprint density at radius 1 is 1.21 bits per heavy atom. The Morgan fingerprint density at radius 2 is 1.94 bits per heavy atom. The zero-order valence-electron chi connectivity index (χ0n) is 18.0. The summed E-state index contributed by atoms with van der Waals surface area (Å²) in [5.74, 6) is 2.15. The van der Waals surface area contributed by atoms with Crippen LogP contribution < -0.4 is 4.90 Å². The number of aromatic hydroxyl groups is 1. The monoisotopic (exact) mass is 554 g/mol. The molecular formula is C22H22N2O5S5. The number of esters is 1. The highest BCUT2D eigenvalue weighted by Crippen LogP contribution is 2.45. The molecule has 2 aromatic rings. The zero-order chi connectivity index (χ0) is 24.1. The Labute approximate surface area is 218 Å². The third-order valence-corrected chi connectivity index (χ3v) is 9.74. The smallest absolute Gasteiger partial charge is 0.326 e. The van der Waals surface area contributed by atoms with Gasteiger partial charge in [-0.25, -0.2) is 0 Å². The van der Waals surface area contributed by atoms with Crippen LogP contribution in [0.5, 0.6) is 5.88 Å². The van der Waals surface area contributed by atoms with Crippen molar-refractivity contribution in [1.29, 1.82) is 0 Å². The van der Waals surface area contributed by atoms with Gasteiger partial charge in [0.1, 0.15) is 24.2 Å². The van der Waals surface area contributed by atoms with Gasteiger partial charge in [0.25, 0.3) is 0 Å². The molecule has 0 bridgehead atoms. The molecule has 1 aromatic heterocycles. The van der Waals surface area contributed by atoms with E-state index in [2.05, 4.69) is 5.73 Å². The maximum atomic E-state index is 12.5. The maximum absolute atomic E-state index is 12.5. The van der Waals surface area contributed by atoms with Crippen LogP contribution in [0.3, 0.4) is 0 Å². The second-order valence-electron chi connectivity index (χ2n) is 7.40. The lowest BCUT2D eigenvalue weighted by Gasteiger charge is -2.19. The first-order chi connectivity index (χ1) is 16.4. The third-order valence-electron chi connectivity index (χ3n) is 4.89. The fraction of sp³-hybridized carbons (Fsp3) is 0.364. The van der Waals surface area contributed by atoms with Crippen molar-refractivity contribution < 1.29 is 24.5 Å². The van der Waals surface area contributed by atoms with Crippen molar-refractivity contribution in [2.75, 3.05) is 34.5 Å². The minimum atomic E-state index is -0.958. The molecule has 3 heterocycles. The fourth-order valence-corrected chi connectivity index (χ4v) is 7.85. The van der Waals surface area contributed by atoms with Crippen LogP contribution in [-0.2, 0) is 20.9 Å². The van der Waals surface area contributed by atoms with Crippen LogP contribution in [0.2, 0.25) is 0 Å². The highest BCUT2D eigenvalue weighted by atomic mass is 32.2. The zero-order valence-corrected chi connectivity index (χ0v) is 22.1. The number of carbonyl (C=O) groups excluding carboxylic acids is 1. The number of rotatable bonds is 6. The molecule has 2 N–H and O–H groups in total. The quantitative estimate of drug-likeness (QED) is 0.291. The van der Waals surface area contributed by atoms with Crippen molar-refractivity contribution in [3.8, 4) is 5.88 Å². The Bertz CT molecular complexity index is 1190. The second kappa shape index (κ2) is 11.7. The van der Waals surface area contributed by atoms with Crippen LogP contribution in [0.1, 0.15) is 11.3 Å². The molecule has 180 valence electrons. The number of thiazole rings is 1. The number of carbonyl (C=O) groups is 2. The lowest BCUT2D eigenvalue weighted by molar-refractivity contribution is -0.147. The van der Waals surface area contributed by atoms with Crippen molar-refractivity contribution >= 4 is 82.5 Å². The predicted octanol–water partition coefficient (Wildman–Crippen LogP) is 4.92. The number of thioether (sulfide) groups is 3. The van der Waals surface area contributed by atoms with Crippen molar-refractivity contribution in [2.45, 2.75) is 24.0 Å². The lowest BCUT2D eigenvalue weighted by Crippen LogP contribution is -2.26. The van der Waals surface area contributed by atoms with Gasteiger partial charge in [0, 0.05) is 22.5 Å². The number of ether oxygens (including phenoxy) is 1. The van der Waals surface area contributed by atoms with E-state index in [0.717, 1.165) is 44.9 Å². The average Bonchev–Trinajstić information content (AvgIpc) is 3.25. The summed E-state index contributed by atoms with van der Waals surface area (Å²) in [5.41, 5.74) is 3.90. The lowest BCUT2D eigenvalue weighted by atomic mass is 10.3. The van der Waals surface area contributed by atoms with E-state index in [4.69, 9.17) is 17.0 Å². The minimum absolute atomic E-state index is 0.133. The average molecular weight is 555 g/mol. The van der Waals surface area contributed by atoms with E-state index in [1.165, 1.54) is 22.7 Å². The van der Waals surface area contributed by atoms with Gasteiger partial charge in [-0.3, -0.25) is 14.2 Å². The summed E-state index contributed by atoms with van der Waals surface area (Å²) >= 11 is 11.5. The minimum Gasteiger partial charge on any atom is -0.493 e. The van der Waals surface area contributed by atoms with Gasteiger partial charge in [-0.1, -0.05) is 29.6 Å². The molecule has 0 unspecified atom stereocenters. The summed E-state index contributed by atoms with van der Waals surface area (Å²) in [5, 5.41) is 20.6. The van der Waals surface area contributed by atoms with E-state index in [1.807, 2.05) is 24.3 Å². The van der Waals surface area contributed by atoms with Crippen LogP contribution in [0.4, 0.5) is 5.69 Å². The number of benzene rings is 1. The van der Waals surface area contributed by atoms with Gasteiger partial charge in [0.15, 0.2) is 3.95 Å². The number of nitrogens with zero attached hydrogens (tertiary/aromatic N) is 2. The van der Waals surface area contributed by atoms with Crippen molar-refractivity contribution in [1.82, 2.24) is 4.57 Å². The number of para-hydroxylation sites is 1. The van der Waals surface area contributed by atoms with E-state index >= 15 is 0 Å². The van der Waals surface area contributed by atoms with Gasteiger partial charge in [0.2, 0.25) is 5.88 Å². The molecule has 1 aromatic carbocycles. The molecule has 0 spiro atoms. The highest BCUT2D eigenvalue weighted by molar-refractivity contribution is 8.03. The molecule has 12 heteroatoms. The number of anilines is 1. The molecule has 34 heavy (non-hydrogen) atoms. The topological polar surface area (TPSA) is 92.0 Å². The number of fused-ring (bicyclic) bond motifs is 1. The molecule has 0 amide bonds. The fourth-order valence-electron chi connectivity index (χ4n) is 3.37.